The van der Waals surface area contributed by atoms with Crippen LogP contribution in [0.2, 0.25) is 0 Å². The van der Waals surface area contributed by atoms with Gasteiger partial charge in [0.25, 0.3) is 0 Å². The summed E-state index contributed by atoms with van der Waals surface area (Å²) in [4.78, 5) is 15.9. The minimum Gasteiger partial charge on any atom is -0.506 e. The molecule has 0 amide bonds. The van der Waals surface area contributed by atoms with Crippen molar-refractivity contribution in [3.8, 4) is 0 Å². The Labute approximate surface area is 295 Å². The largest absolute Gasteiger partial charge is 0.506 e. The highest BCUT2D eigenvalue weighted by Gasteiger charge is 2.37. The number of ketones is 1. The van der Waals surface area contributed by atoms with E-state index in [1.54, 1.807) is 0 Å². The van der Waals surface area contributed by atoms with Gasteiger partial charge in [0.05, 0.1) is 11.1 Å². The molecule has 0 unspecified atom stereocenters. The summed E-state index contributed by atoms with van der Waals surface area (Å²) in [7, 11) is 0. The van der Waals surface area contributed by atoms with Crippen LogP contribution in [0.1, 0.15) is 38.9 Å². The van der Waals surface area contributed by atoms with Crippen LogP contribution in [0.5, 0.6) is 0 Å². The second-order valence-corrected chi connectivity index (χ2v) is 13.2. The van der Waals surface area contributed by atoms with Gasteiger partial charge >= 0.3 is 0 Å². The summed E-state index contributed by atoms with van der Waals surface area (Å²) in [5.41, 5.74) is 13.7. The van der Waals surface area contributed by atoms with E-state index in [-0.39, 0.29) is 11.5 Å². The number of aliphatic hydroxyl groups excluding tert-OH is 1. The van der Waals surface area contributed by atoms with E-state index in [9.17, 15) is 9.90 Å². The third kappa shape index (κ3) is 6.53. The van der Waals surface area contributed by atoms with Crippen molar-refractivity contribution < 1.29 is 14.5 Å². The number of aryl methyl sites for hydroxylation is 4. The number of benzene rings is 5. The van der Waals surface area contributed by atoms with Gasteiger partial charge in [-0.3, -0.25) is 4.79 Å². The van der Waals surface area contributed by atoms with Gasteiger partial charge in [0.2, 0.25) is 17.2 Å². The van der Waals surface area contributed by atoms with Gasteiger partial charge in [-0.15, -0.1) is 0 Å². The molecule has 7 rings (SSSR count). The maximum atomic E-state index is 13.6. The molecule has 246 valence electrons. The highest BCUT2D eigenvalue weighted by atomic mass is 16.3. The first-order valence-corrected chi connectivity index (χ1v) is 17.1. The van der Waals surface area contributed by atoms with Gasteiger partial charge in [0, 0.05) is 47.3 Å². The number of hydrogen-bond donors (Lipinski definition) is 1. The fraction of sp³-hybridized carbons (Fsp3) is 0.130. The Hall–Kier alpha value is -6.00. The van der Waals surface area contributed by atoms with Crippen molar-refractivity contribution >= 4 is 34.1 Å². The van der Waals surface area contributed by atoms with Crippen molar-refractivity contribution in [2.24, 2.45) is 0 Å². The predicted molar refractivity (Wildman–Crippen MR) is 205 cm³/mol. The Bertz CT molecular complexity index is 2240. The van der Waals surface area contributed by atoms with Gasteiger partial charge in [-0.2, -0.15) is 4.58 Å². The van der Waals surface area contributed by atoms with Crippen molar-refractivity contribution in [2.45, 2.75) is 40.8 Å². The quantitative estimate of drug-likeness (QED) is 0.134. The first kappa shape index (κ1) is 32.5. The van der Waals surface area contributed by atoms with Crippen LogP contribution in [-0.4, -0.2) is 21.2 Å². The Balaban J connectivity index is 1.18. The van der Waals surface area contributed by atoms with Crippen molar-refractivity contribution in [2.75, 3.05) is 4.90 Å². The van der Waals surface area contributed by atoms with Gasteiger partial charge in [0.1, 0.15) is 5.76 Å². The lowest BCUT2D eigenvalue weighted by Gasteiger charge is -2.28. The molecule has 50 heavy (non-hydrogen) atoms. The molecule has 4 nitrogen and oxygen atoms in total. The molecule has 0 heterocycles. The number of anilines is 2. The van der Waals surface area contributed by atoms with Crippen LogP contribution < -0.4 is 4.90 Å². The van der Waals surface area contributed by atoms with Crippen molar-refractivity contribution in [3.05, 3.63) is 201 Å². The molecule has 0 saturated carbocycles. The molecule has 0 aromatic heterocycles. The molecule has 0 aliphatic heterocycles. The number of nitrogens with zero attached hydrogens (tertiary/aromatic N) is 2. The molecule has 0 radical (unpaired) electrons. The van der Waals surface area contributed by atoms with Gasteiger partial charge in [-0.1, -0.05) is 102 Å². The Kier molecular flexibility index (Phi) is 9.02. The van der Waals surface area contributed by atoms with E-state index in [1.807, 2.05) is 60.7 Å². The van der Waals surface area contributed by atoms with Gasteiger partial charge in [0.15, 0.2) is 6.54 Å². The Morgan fingerprint density at radius 3 is 1.82 bits per heavy atom. The average molecular weight is 654 g/mol. The minimum absolute atomic E-state index is 0.0431. The number of aliphatic hydroxyl groups is 1. The van der Waals surface area contributed by atoms with Crippen LogP contribution in [0.15, 0.2) is 163 Å². The molecule has 0 spiro atoms. The lowest BCUT2D eigenvalue weighted by Crippen LogP contribution is -2.23. The summed E-state index contributed by atoms with van der Waals surface area (Å²) in [5.74, 6) is -0.101. The van der Waals surface area contributed by atoms with E-state index >= 15 is 0 Å². The maximum Gasteiger partial charge on any atom is 0.208 e. The number of carbonyl (C=O) groups excluding carboxylic acids is 1. The van der Waals surface area contributed by atoms with Gasteiger partial charge in [-0.05, 0) is 86.4 Å². The van der Waals surface area contributed by atoms with Gasteiger partial charge < -0.3 is 10.0 Å². The molecule has 0 atom stereocenters. The van der Waals surface area contributed by atoms with Crippen LogP contribution in [0.3, 0.4) is 0 Å². The maximum absolute atomic E-state index is 13.6. The monoisotopic (exact) mass is 653 g/mol. The van der Waals surface area contributed by atoms with Crippen LogP contribution in [0.25, 0.3) is 5.57 Å². The second-order valence-electron chi connectivity index (χ2n) is 13.2. The SMILES string of the molecule is Cc1ccc(N(Cc2ccccc2)c2ccc(C3=C(O)C(=C4C=CC(=[N+](Cc5ccccc5)c5ccc(C)cc5C)C=C4)C3=O)cc2)c(C)c1. The number of hydrogen-bond acceptors (Lipinski definition) is 3. The Morgan fingerprint density at radius 2 is 1.22 bits per heavy atom. The minimum atomic E-state index is -0.144. The third-order valence-electron chi connectivity index (χ3n) is 9.52. The molecule has 0 fully saturated rings. The van der Waals surface area contributed by atoms with Crippen LogP contribution in [0, 0.1) is 27.7 Å². The van der Waals surface area contributed by atoms with Crippen LogP contribution in [0.4, 0.5) is 17.1 Å². The normalized spacial score (nSPS) is 13.9. The highest BCUT2D eigenvalue weighted by Crippen LogP contribution is 2.40. The third-order valence-corrected chi connectivity index (χ3v) is 9.52. The number of Topliss-reactive ketones (excluding diaryl/α,β-unsaturated/α-hetero) is 1. The zero-order chi connectivity index (χ0) is 34.8. The summed E-state index contributed by atoms with van der Waals surface area (Å²) < 4.78 is 2.29. The molecule has 2 aliphatic carbocycles. The Morgan fingerprint density at radius 1 is 0.620 bits per heavy atom. The zero-order valence-corrected chi connectivity index (χ0v) is 29.0. The molecule has 5 aromatic rings. The molecule has 4 heteroatoms. The smallest absolute Gasteiger partial charge is 0.208 e. The first-order chi connectivity index (χ1) is 24.3. The summed E-state index contributed by atoms with van der Waals surface area (Å²) in [5, 5.41) is 11.3. The van der Waals surface area contributed by atoms with Crippen molar-refractivity contribution in [1.82, 2.24) is 0 Å². The molecular formula is C46H41N2O2+. The lowest BCUT2D eigenvalue weighted by atomic mass is 9.80. The molecule has 1 N–H and O–H groups in total. The summed E-state index contributed by atoms with van der Waals surface area (Å²) in [6.45, 7) is 9.90. The highest BCUT2D eigenvalue weighted by molar-refractivity contribution is 6.39. The van der Waals surface area contributed by atoms with E-state index in [0.29, 0.717) is 35.4 Å². The van der Waals surface area contributed by atoms with E-state index in [4.69, 9.17) is 0 Å². The number of allylic oxidation sites excluding steroid dienone is 7. The summed E-state index contributed by atoms with van der Waals surface area (Å²) in [6.07, 6.45) is 7.94. The molecule has 0 saturated heterocycles. The van der Waals surface area contributed by atoms with E-state index < -0.39 is 0 Å². The number of carbonyl (C=O) groups is 1. The molecule has 5 aromatic carbocycles. The predicted octanol–water partition coefficient (Wildman–Crippen LogP) is 10.5. The topological polar surface area (TPSA) is 43.5 Å². The van der Waals surface area contributed by atoms with Crippen LogP contribution in [-0.2, 0) is 17.9 Å². The van der Waals surface area contributed by atoms with Gasteiger partial charge in [-0.25, -0.2) is 0 Å². The molecular weight excluding hydrogens is 613 g/mol. The number of rotatable bonds is 8. The fourth-order valence-electron chi connectivity index (χ4n) is 6.93. The fourth-order valence-corrected chi connectivity index (χ4v) is 6.93. The lowest BCUT2D eigenvalue weighted by molar-refractivity contribution is -0.456. The standard InChI is InChI=1S/C46H40N2O2/c1-31-15-25-41(33(3)27-31)47(29-35-11-7-5-8-12-35)39-21-17-37(18-22-39)43-45(49)44(46(43)50)38-19-23-40(24-20-38)48(30-36-13-9-6-10-14-36)42-26-16-32(2)28-34(42)4/h5-28H,29-30H2,1-4H3/p+1. The molecule has 2 aliphatic rings. The van der Waals surface area contributed by atoms with Crippen molar-refractivity contribution in [3.63, 3.8) is 0 Å². The van der Waals surface area contributed by atoms with Crippen molar-refractivity contribution in [1.29, 1.82) is 0 Å². The summed E-state index contributed by atoms with van der Waals surface area (Å²) in [6, 6.07) is 41.8. The first-order valence-electron chi connectivity index (χ1n) is 17.1. The molecule has 0 bridgehead atoms. The van der Waals surface area contributed by atoms with E-state index in [1.165, 1.54) is 33.4 Å². The van der Waals surface area contributed by atoms with E-state index in [2.05, 4.69) is 122 Å². The van der Waals surface area contributed by atoms with Crippen LogP contribution >= 0.6 is 0 Å². The second kappa shape index (κ2) is 13.9. The average Bonchev–Trinajstić information content (AvgIpc) is 3.12. The summed E-state index contributed by atoms with van der Waals surface area (Å²) >= 11 is 0. The van der Waals surface area contributed by atoms with E-state index in [0.717, 1.165) is 22.8 Å². The zero-order valence-electron chi connectivity index (χ0n) is 29.0.